The molecule has 1 fully saturated rings. The fourth-order valence-electron chi connectivity index (χ4n) is 2.71. The van der Waals surface area contributed by atoms with Crippen molar-refractivity contribution in [2.45, 2.75) is 6.92 Å². The van der Waals surface area contributed by atoms with Gasteiger partial charge >= 0.3 is 12.0 Å². The van der Waals surface area contributed by atoms with E-state index < -0.39 is 0 Å². The Kier molecular flexibility index (Phi) is 4.02. The van der Waals surface area contributed by atoms with Gasteiger partial charge < -0.3 is 4.74 Å². The third-order valence-corrected chi connectivity index (χ3v) is 3.92. The van der Waals surface area contributed by atoms with Gasteiger partial charge in [-0.2, -0.15) is 0 Å². The fraction of sp³-hybridized carbons (Fsp3) is 0.222. The highest BCUT2D eigenvalue weighted by atomic mass is 16.5. The van der Waals surface area contributed by atoms with Gasteiger partial charge in [0, 0.05) is 24.5 Å². The van der Waals surface area contributed by atoms with Gasteiger partial charge in [0.25, 0.3) is 0 Å². The first kappa shape index (κ1) is 15.1. The molecule has 1 saturated heterocycles. The highest BCUT2D eigenvalue weighted by Crippen LogP contribution is 2.26. The minimum Gasteiger partial charge on any atom is -0.465 e. The SMILES string of the molecule is COC(=O)c1ccc(N2CCN(c3cccc(C)c3)C2=O)cc1. The van der Waals surface area contributed by atoms with Crippen molar-refractivity contribution in [3.8, 4) is 0 Å². The lowest BCUT2D eigenvalue weighted by molar-refractivity contribution is 0.0601. The van der Waals surface area contributed by atoms with Crippen LogP contribution in [-0.2, 0) is 4.74 Å². The van der Waals surface area contributed by atoms with Crippen LogP contribution in [0.15, 0.2) is 48.5 Å². The summed E-state index contributed by atoms with van der Waals surface area (Å²) >= 11 is 0. The number of hydrogen-bond acceptors (Lipinski definition) is 3. The van der Waals surface area contributed by atoms with E-state index in [2.05, 4.69) is 4.74 Å². The molecular formula is C18H18N2O3. The molecule has 1 aliphatic heterocycles. The maximum absolute atomic E-state index is 12.7. The van der Waals surface area contributed by atoms with Crippen LogP contribution in [0.2, 0.25) is 0 Å². The fourth-order valence-corrected chi connectivity index (χ4v) is 2.71. The number of rotatable bonds is 3. The number of urea groups is 1. The van der Waals surface area contributed by atoms with Crippen LogP contribution in [0.25, 0.3) is 0 Å². The van der Waals surface area contributed by atoms with Crippen molar-refractivity contribution in [2.24, 2.45) is 0 Å². The van der Waals surface area contributed by atoms with Gasteiger partial charge in [-0.3, -0.25) is 9.80 Å². The van der Waals surface area contributed by atoms with E-state index in [0.717, 1.165) is 16.9 Å². The molecular weight excluding hydrogens is 292 g/mol. The van der Waals surface area contributed by atoms with Gasteiger partial charge in [0.15, 0.2) is 0 Å². The predicted molar refractivity (Wildman–Crippen MR) is 89.0 cm³/mol. The number of anilines is 2. The Labute approximate surface area is 135 Å². The van der Waals surface area contributed by atoms with Gasteiger partial charge in [-0.25, -0.2) is 9.59 Å². The van der Waals surface area contributed by atoms with Crippen molar-refractivity contribution in [1.82, 2.24) is 0 Å². The van der Waals surface area contributed by atoms with Crippen molar-refractivity contribution < 1.29 is 14.3 Å². The maximum Gasteiger partial charge on any atom is 0.337 e. The molecule has 2 aromatic rings. The number of nitrogens with zero attached hydrogens (tertiary/aromatic N) is 2. The molecule has 0 aromatic heterocycles. The highest BCUT2D eigenvalue weighted by Gasteiger charge is 2.30. The second-order valence-corrected chi connectivity index (χ2v) is 5.46. The van der Waals surface area contributed by atoms with Crippen LogP contribution in [-0.4, -0.2) is 32.2 Å². The number of benzene rings is 2. The average Bonchev–Trinajstić information content (AvgIpc) is 2.96. The minimum atomic E-state index is -0.384. The third kappa shape index (κ3) is 2.90. The van der Waals surface area contributed by atoms with Crippen LogP contribution >= 0.6 is 0 Å². The van der Waals surface area contributed by atoms with Crippen LogP contribution in [0.4, 0.5) is 16.2 Å². The first-order chi connectivity index (χ1) is 11.1. The second-order valence-electron chi connectivity index (χ2n) is 5.46. The molecule has 0 saturated carbocycles. The van der Waals surface area contributed by atoms with Gasteiger partial charge in [0.05, 0.1) is 12.7 Å². The van der Waals surface area contributed by atoms with Gasteiger partial charge in [-0.1, -0.05) is 12.1 Å². The minimum absolute atomic E-state index is 0.0542. The Hall–Kier alpha value is -2.82. The number of aryl methyl sites for hydroxylation is 1. The molecule has 0 unspecified atom stereocenters. The molecule has 5 nitrogen and oxygen atoms in total. The zero-order valence-electron chi connectivity index (χ0n) is 13.2. The molecule has 0 spiro atoms. The quantitative estimate of drug-likeness (QED) is 0.818. The molecule has 0 radical (unpaired) electrons. The van der Waals surface area contributed by atoms with Crippen LogP contribution in [0, 0.1) is 6.92 Å². The lowest BCUT2D eigenvalue weighted by atomic mass is 10.2. The number of carbonyl (C=O) groups is 2. The Balaban J connectivity index is 1.80. The van der Waals surface area contributed by atoms with E-state index in [9.17, 15) is 9.59 Å². The Morgan fingerprint density at radius 2 is 1.65 bits per heavy atom. The molecule has 1 heterocycles. The molecule has 23 heavy (non-hydrogen) atoms. The average molecular weight is 310 g/mol. The Bertz CT molecular complexity index is 740. The van der Waals surface area contributed by atoms with E-state index in [4.69, 9.17) is 0 Å². The number of methoxy groups -OCH3 is 1. The standard InChI is InChI=1S/C18H18N2O3/c1-13-4-3-5-16(12-13)20-11-10-19(18(20)22)15-8-6-14(7-9-15)17(21)23-2/h3-9,12H,10-11H2,1-2H3. The maximum atomic E-state index is 12.7. The molecule has 118 valence electrons. The first-order valence-corrected chi connectivity index (χ1v) is 7.44. The lowest BCUT2D eigenvalue weighted by Gasteiger charge is -2.19. The van der Waals surface area contributed by atoms with Gasteiger partial charge in [0.1, 0.15) is 0 Å². The molecule has 0 bridgehead atoms. The zero-order chi connectivity index (χ0) is 16.4. The summed E-state index contributed by atoms with van der Waals surface area (Å²) < 4.78 is 4.68. The van der Waals surface area contributed by atoms with E-state index in [-0.39, 0.29) is 12.0 Å². The summed E-state index contributed by atoms with van der Waals surface area (Å²) in [4.78, 5) is 27.6. The second kappa shape index (κ2) is 6.12. The van der Waals surface area contributed by atoms with Crippen molar-refractivity contribution in [3.05, 3.63) is 59.7 Å². The van der Waals surface area contributed by atoms with Crippen molar-refractivity contribution in [2.75, 3.05) is 30.0 Å². The lowest BCUT2D eigenvalue weighted by Crippen LogP contribution is -2.31. The van der Waals surface area contributed by atoms with E-state index >= 15 is 0 Å². The number of ether oxygens (including phenoxy) is 1. The molecule has 2 aromatic carbocycles. The Morgan fingerprint density at radius 1 is 1.00 bits per heavy atom. The molecule has 5 heteroatoms. The van der Waals surface area contributed by atoms with Gasteiger partial charge in [0.2, 0.25) is 0 Å². The van der Waals surface area contributed by atoms with E-state index in [1.807, 2.05) is 31.2 Å². The summed E-state index contributed by atoms with van der Waals surface area (Å²) in [5.41, 5.74) is 3.27. The van der Waals surface area contributed by atoms with Gasteiger partial charge in [-0.05, 0) is 48.9 Å². The smallest absolute Gasteiger partial charge is 0.337 e. The molecule has 0 N–H and O–H groups in total. The summed E-state index contributed by atoms with van der Waals surface area (Å²) in [6, 6.07) is 14.7. The number of carbonyl (C=O) groups excluding carboxylic acids is 2. The zero-order valence-corrected chi connectivity index (χ0v) is 13.2. The third-order valence-electron chi connectivity index (χ3n) is 3.92. The Morgan fingerprint density at radius 3 is 2.26 bits per heavy atom. The first-order valence-electron chi connectivity index (χ1n) is 7.44. The normalized spacial score (nSPS) is 14.3. The van der Waals surface area contributed by atoms with Crippen LogP contribution in [0.3, 0.4) is 0 Å². The molecule has 0 atom stereocenters. The van der Waals surface area contributed by atoms with E-state index in [1.54, 1.807) is 34.1 Å². The van der Waals surface area contributed by atoms with Crippen LogP contribution < -0.4 is 9.80 Å². The van der Waals surface area contributed by atoms with E-state index in [0.29, 0.717) is 18.7 Å². The molecule has 3 rings (SSSR count). The summed E-state index contributed by atoms with van der Waals surface area (Å²) in [6.45, 7) is 3.26. The van der Waals surface area contributed by atoms with Crippen molar-refractivity contribution in [3.63, 3.8) is 0 Å². The van der Waals surface area contributed by atoms with E-state index in [1.165, 1.54) is 7.11 Å². The van der Waals surface area contributed by atoms with Crippen molar-refractivity contribution >= 4 is 23.4 Å². The summed E-state index contributed by atoms with van der Waals surface area (Å²) in [7, 11) is 1.35. The monoisotopic (exact) mass is 310 g/mol. The molecule has 2 amide bonds. The van der Waals surface area contributed by atoms with Crippen LogP contribution in [0.5, 0.6) is 0 Å². The number of esters is 1. The topological polar surface area (TPSA) is 49.9 Å². The number of amides is 2. The molecule has 0 aliphatic carbocycles. The number of hydrogen-bond donors (Lipinski definition) is 0. The van der Waals surface area contributed by atoms with Crippen molar-refractivity contribution in [1.29, 1.82) is 0 Å². The summed E-state index contributed by atoms with van der Waals surface area (Å²) in [5, 5.41) is 0. The summed E-state index contributed by atoms with van der Waals surface area (Å²) in [5.74, 6) is -0.384. The predicted octanol–water partition coefficient (Wildman–Crippen LogP) is 3.23. The summed E-state index contributed by atoms with van der Waals surface area (Å²) in [6.07, 6.45) is 0. The van der Waals surface area contributed by atoms with Gasteiger partial charge in [-0.15, -0.1) is 0 Å². The highest BCUT2D eigenvalue weighted by molar-refractivity contribution is 6.06. The molecule has 1 aliphatic rings. The van der Waals surface area contributed by atoms with Crippen LogP contribution in [0.1, 0.15) is 15.9 Å². The largest absolute Gasteiger partial charge is 0.465 e.